The average molecular weight is 234 g/mol. The summed E-state index contributed by atoms with van der Waals surface area (Å²) in [5, 5.41) is 5.41. The molecule has 11 heavy (non-hydrogen) atoms. The van der Waals surface area contributed by atoms with Crippen LogP contribution in [-0.4, -0.2) is 7.11 Å². The minimum Gasteiger partial charge on any atom is -0.496 e. The van der Waals surface area contributed by atoms with Crippen LogP contribution in [0.15, 0.2) is 27.6 Å². The van der Waals surface area contributed by atoms with E-state index >= 15 is 0 Å². The van der Waals surface area contributed by atoms with Crippen LogP contribution < -0.4 is 9.88 Å². The van der Waals surface area contributed by atoms with Gasteiger partial charge in [0.2, 0.25) is 0 Å². The smallest absolute Gasteiger partial charge is 0.133 e. The highest BCUT2D eigenvalue weighted by molar-refractivity contribution is 9.10. The molecule has 2 nitrogen and oxygen atoms in total. The summed E-state index contributed by atoms with van der Waals surface area (Å²) in [6.45, 7) is 0. The van der Waals surface area contributed by atoms with Crippen LogP contribution in [0.25, 0.3) is 0 Å². The Morgan fingerprint density at radius 3 is 2.82 bits per heavy atom. The van der Waals surface area contributed by atoms with Crippen LogP contribution in [0.2, 0.25) is 0 Å². The highest BCUT2D eigenvalue weighted by Crippen LogP contribution is 2.28. The van der Waals surface area contributed by atoms with Gasteiger partial charge in [0.1, 0.15) is 5.75 Å². The number of hydrogen-bond donors (Lipinski definition) is 1. The van der Waals surface area contributed by atoms with Crippen molar-refractivity contribution < 1.29 is 4.74 Å². The summed E-state index contributed by atoms with van der Waals surface area (Å²) < 4.78 is 6.08. The summed E-state index contributed by atoms with van der Waals surface area (Å²) in [6.07, 6.45) is 0. The maximum Gasteiger partial charge on any atom is 0.133 e. The minimum absolute atomic E-state index is 0.806. The van der Waals surface area contributed by atoms with E-state index in [1.807, 2.05) is 18.2 Å². The second-order valence-electron chi connectivity index (χ2n) is 1.91. The predicted octanol–water partition coefficient (Wildman–Crippen LogP) is 2.42. The van der Waals surface area contributed by atoms with Gasteiger partial charge in [-0.1, -0.05) is 15.9 Å². The van der Waals surface area contributed by atoms with Crippen molar-refractivity contribution in [2.75, 3.05) is 7.11 Å². The van der Waals surface area contributed by atoms with Gasteiger partial charge in [-0.25, -0.2) is 0 Å². The molecule has 1 rings (SSSR count). The van der Waals surface area contributed by atoms with Gasteiger partial charge in [0.15, 0.2) is 0 Å². The van der Waals surface area contributed by atoms with Gasteiger partial charge in [0.25, 0.3) is 0 Å². The Kier molecular flexibility index (Phi) is 3.23. The fraction of sp³-hybridized carbons (Fsp3) is 0.143. The van der Waals surface area contributed by atoms with E-state index in [9.17, 15) is 0 Å². The van der Waals surface area contributed by atoms with Gasteiger partial charge in [-0.3, -0.25) is 5.14 Å². The monoisotopic (exact) mass is 233 g/mol. The summed E-state index contributed by atoms with van der Waals surface area (Å²) in [4.78, 5) is 0.932. The van der Waals surface area contributed by atoms with Crippen molar-refractivity contribution in [2.24, 2.45) is 5.14 Å². The predicted molar refractivity (Wildman–Crippen MR) is 50.7 cm³/mol. The Morgan fingerprint density at radius 1 is 1.55 bits per heavy atom. The van der Waals surface area contributed by atoms with Crippen molar-refractivity contribution in [1.82, 2.24) is 0 Å². The van der Waals surface area contributed by atoms with Crippen molar-refractivity contribution in [3.63, 3.8) is 0 Å². The minimum atomic E-state index is 0.806. The zero-order chi connectivity index (χ0) is 8.27. The molecule has 0 bridgehead atoms. The van der Waals surface area contributed by atoms with E-state index < -0.39 is 0 Å². The number of ether oxygens (including phenoxy) is 1. The zero-order valence-corrected chi connectivity index (χ0v) is 8.41. The van der Waals surface area contributed by atoms with Gasteiger partial charge in [0, 0.05) is 4.47 Å². The molecule has 0 radical (unpaired) electrons. The van der Waals surface area contributed by atoms with Crippen molar-refractivity contribution in [1.29, 1.82) is 0 Å². The third-order valence-electron chi connectivity index (χ3n) is 1.25. The first-order valence-electron chi connectivity index (χ1n) is 2.98. The number of methoxy groups -OCH3 is 1. The third-order valence-corrected chi connectivity index (χ3v) is 2.32. The van der Waals surface area contributed by atoms with Gasteiger partial charge in [-0.15, -0.1) is 0 Å². The third kappa shape index (κ3) is 2.12. The van der Waals surface area contributed by atoms with Crippen LogP contribution in [0, 0.1) is 0 Å². The van der Waals surface area contributed by atoms with Crippen LogP contribution in [0.5, 0.6) is 5.75 Å². The Balaban J connectivity index is 3.06. The van der Waals surface area contributed by atoms with Crippen LogP contribution in [0.1, 0.15) is 0 Å². The summed E-state index contributed by atoms with van der Waals surface area (Å²) in [5.74, 6) is 0.806. The topological polar surface area (TPSA) is 35.2 Å². The first-order valence-corrected chi connectivity index (χ1v) is 4.65. The van der Waals surface area contributed by atoms with Gasteiger partial charge < -0.3 is 4.74 Å². The number of benzene rings is 1. The van der Waals surface area contributed by atoms with E-state index in [4.69, 9.17) is 9.88 Å². The second-order valence-corrected chi connectivity index (χ2v) is 3.50. The molecule has 0 fully saturated rings. The molecule has 1 aromatic carbocycles. The molecule has 4 heteroatoms. The van der Waals surface area contributed by atoms with Crippen LogP contribution >= 0.6 is 27.9 Å². The molecule has 0 spiro atoms. The lowest BCUT2D eigenvalue weighted by molar-refractivity contribution is 0.404. The normalized spacial score (nSPS) is 9.73. The molecule has 0 saturated heterocycles. The van der Waals surface area contributed by atoms with Gasteiger partial charge >= 0.3 is 0 Å². The molecule has 0 aliphatic heterocycles. The van der Waals surface area contributed by atoms with Crippen LogP contribution in [0.4, 0.5) is 0 Å². The first-order chi connectivity index (χ1) is 5.27. The number of nitrogens with two attached hydrogens (primary N) is 1. The standard InChI is InChI=1S/C7H8BrNOS/c1-10-6-3-2-5(8)4-7(6)11-9/h2-4H,9H2,1H3. The largest absolute Gasteiger partial charge is 0.496 e. The quantitative estimate of drug-likeness (QED) is 0.798. The molecule has 0 aliphatic rings. The Bertz CT molecular complexity index is 254. The van der Waals surface area contributed by atoms with Crippen LogP contribution in [0.3, 0.4) is 0 Å². The van der Waals surface area contributed by atoms with E-state index in [0.717, 1.165) is 15.1 Å². The summed E-state index contributed by atoms with van der Waals surface area (Å²) in [6, 6.07) is 5.71. The molecule has 0 saturated carbocycles. The highest BCUT2D eigenvalue weighted by Gasteiger charge is 2.00. The SMILES string of the molecule is COc1ccc(Br)cc1SN. The molecule has 2 N–H and O–H groups in total. The highest BCUT2D eigenvalue weighted by atomic mass is 79.9. The Hall–Kier alpha value is -0.190. The fourth-order valence-electron chi connectivity index (χ4n) is 0.743. The Labute approximate surface area is 78.4 Å². The number of halogens is 1. The lowest BCUT2D eigenvalue weighted by Crippen LogP contribution is -1.88. The first kappa shape index (κ1) is 8.90. The summed E-state index contributed by atoms with van der Waals surface area (Å²) in [7, 11) is 1.63. The molecule has 0 aromatic heterocycles. The lowest BCUT2D eigenvalue weighted by Gasteiger charge is -2.04. The van der Waals surface area contributed by atoms with E-state index in [1.165, 1.54) is 11.9 Å². The second kappa shape index (κ2) is 3.99. The fourth-order valence-corrected chi connectivity index (χ4v) is 1.72. The van der Waals surface area contributed by atoms with Gasteiger partial charge in [-0.05, 0) is 30.1 Å². The molecular formula is C7H8BrNOS. The van der Waals surface area contributed by atoms with E-state index in [0.29, 0.717) is 0 Å². The maximum absolute atomic E-state index is 5.41. The van der Waals surface area contributed by atoms with Crippen molar-refractivity contribution in [2.45, 2.75) is 4.90 Å². The van der Waals surface area contributed by atoms with Crippen molar-refractivity contribution in [3.05, 3.63) is 22.7 Å². The molecule has 1 aromatic rings. The molecule has 0 aliphatic carbocycles. The Morgan fingerprint density at radius 2 is 2.27 bits per heavy atom. The molecule has 0 atom stereocenters. The van der Waals surface area contributed by atoms with Crippen LogP contribution in [-0.2, 0) is 0 Å². The van der Waals surface area contributed by atoms with E-state index in [1.54, 1.807) is 7.11 Å². The summed E-state index contributed by atoms with van der Waals surface area (Å²) in [5.41, 5.74) is 0. The molecule has 0 unspecified atom stereocenters. The summed E-state index contributed by atoms with van der Waals surface area (Å²) >= 11 is 4.52. The van der Waals surface area contributed by atoms with Crippen molar-refractivity contribution in [3.8, 4) is 5.75 Å². The van der Waals surface area contributed by atoms with Crippen molar-refractivity contribution >= 4 is 27.9 Å². The number of hydrogen-bond acceptors (Lipinski definition) is 3. The lowest BCUT2D eigenvalue weighted by atomic mass is 10.3. The van der Waals surface area contributed by atoms with Gasteiger partial charge in [-0.2, -0.15) is 0 Å². The van der Waals surface area contributed by atoms with Gasteiger partial charge in [0.05, 0.1) is 12.0 Å². The van der Waals surface area contributed by atoms with E-state index in [2.05, 4.69) is 15.9 Å². The molecule has 0 amide bonds. The molecule has 0 heterocycles. The maximum atomic E-state index is 5.41. The molecule has 60 valence electrons. The molecular weight excluding hydrogens is 226 g/mol. The van der Waals surface area contributed by atoms with E-state index in [-0.39, 0.29) is 0 Å². The zero-order valence-electron chi connectivity index (χ0n) is 6.00. The average Bonchev–Trinajstić information content (AvgIpc) is 2.04. The number of rotatable bonds is 2.